The van der Waals surface area contributed by atoms with Crippen LogP contribution in [-0.2, 0) is 14.3 Å². The van der Waals surface area contributed by atoms with Gasteiger partial charge in [-0.2, -0.15) is 5.26 Å². The minimum absolute atomic E-state index is 0.106. The molecule has 1 saturated heterocycles. The lowest BCUT2D eigenvalue weighted by Crippen LogP contribution is -2.47. The molecule has 0 radical (unpaired) electrons. The number of rotatable bonds is 4. The summed E-state index contributed by atoms with van der Waals surface area (Å²) in [4.78, 5) is 40.5. The zero-order valence-electron chi connectivity index (χ0n) is 17.5. The number of hydrogen-bond acceptors (Lipinski definition) is 7. The number of nitriles is 1. The summed E-state index contributed by atoms with van der Waals surface area (Å²) < 4.78 is 5.78. The van der Waals surface area contributed by atoms with Crippen LogP contribution in [0.25, 0.3) is 5.57 Å². The smallest absolute Gasteiger partial charge is 0.282 e. The number of nitrogens with zero attached hydrogens (tertiary/aromatic N) is 4. The summed E-state index contributed by atoms with van der Waals surface area (Å²) in [6, 6.07) is 13.8. The lowest BCUT2D eigenvalue weighted by Gasteiger charge is -2.37. The van der Waals surface area contributed by atoms with E-state index in [0.717, 1.165) is 4.90 Å². The monoisotopic (exact) mass is 432 g/mol. The molecule has 9 nitrogen and oxygen atoms in total. The summed E-state index contributed by atoms with van der Waals surface area (Å²) in [5, 5.41) is 20.1. The second-order valence-electron chi connectivity index (χ2n) is 7.79. The minimum Gasteiger partial charge on any atom is -0.372 e. The third kappa shape index (κ3) is 3.72. The van der Waals surface area contributed by atoms with Crippen LogP contribution in [0.15, 0.2) is 54.2 Å². The number of carbonyl (C=O) groups excluding carboxylic acids is 2. The number of morpholine rings is 1. The summed E-state index contributed by atoms with van der Waals surface area (Å²) in [5.41, 5.74) is 1.51. The Morgan fingerprint density at radius 2 is 1.59 bits per heavy atom. The number of amides is 2. The van der Waals surface area contributed by atoms with Crippen molar-refractivity contribution < 1.29 is 19.2 Å². The van der Waals surface area contributed by atoms with Crippen LogP contribution in [-0.4, -0.2) is 46.9 Å². The van der Waals surface area contributed by atoms with E-state index in [9.17, 15) is 19.7 Å². The van der Waals surface area contributed by atoms with E-state index in [0.29, 0.717) is 29.9 Å². The van der Waals surface area contributed by atoms with Gasteiger partial charge in [0.2, 0.25) is 0 Å². The van der Waals surface area contributed by atoms with Crippen LogP contribution >= 0.6 is 0 Å². The van der Waals surface area contributed by atoms with Gasteiger partial charge in [-0.15, -0.1) is 0 Å². The molecule has 2 aliphatic heterocycles. The summed E-state index contributed by atoms with van der Waals surface area (Å²) in [5.74, 6) is -0.996. The van der Waals surface area contributed by atoms with Gasteiger partial charge in [-0.05, 0) is 55.8 Å². The fraction of sp³-hybridized carbons (Fsp3) is 0.261. The average molecular weight is 432 g/mol. The highest BCUT2D eigenvalue weighted by atomic mass is 16.6. The molecule has 4 rings (SSSR count). The normalized spacial score (nSPS) is 21.2. The van der Waals surface area contributed by atoms with Crippen molar-refractivity contribution in [1.82, 2.24) is 4.90 Å². The van der Waals surface area contributed by atoms with Crippen molar-refractivity contribution in [3.63, 3.8) is 0 Å². The van der Waals surface area contributed by atoms with Gasteiger partial charge in [0, 0.05) is 25.2 Å². The number of ether oxygens (including phenoxy) is 1. The maximum Gasteiger partial charge on any atom is 0.282 e. The first-order valence-electron chi connectivity index (χ1n) is 10.1. The molecular formula is C23H20N4O5. The molecule has 32 heavy (non-hydrogen) atoms. The van der Waals surface area contributed by atoms with Gasteiger partial charge < -0.3 is 9.64 Å². The maximum atomic E-state index is 13.5. The zero-order chi connectivity index (χ0) is 23.0. The molecule has 0 saturated carbocycles. The van der Waals surface area contributed by atoms with Gasteiger partial charge in [-0.3, -0.25) is 19.7 Å². The largest absolute Gasteiger partial charge is 0.372 e. The fourth-order valence-electron chi connectivity index (χ4n) is 4.10. The molecule has 0 spiro atoms. The van der Waals surface area contributed by atoms with Crippen molar-refractivity contribution in [2.45, 2.75) is 26.1 Å². The minimum atomic E-state index is -0.519. The number of nitro benzene ring substituents is 1. The van der Waals surface area contributed by atoms with Crippen LogP contribution < -0.4 is 4.90 Å². The van der Waals surface area contributed by atoms with Gasteiger partial charge in [0.1, 0.15) is 5.70 Å². The van der Waals surface area contributed by atoms with Gasteiger partial charge in [0.15, 0.2) is 0 Å². The van der Waals surface area contributed by atoms with E-state index in [1.54, 1.807) is 12.1 Å². The van der Waals surface area contributed by atoms with Crippen LogP contribution in [0.5, 0.6) is 0 Å². The Hall–Kier alpha value is -4.03. The third-order valence-corrected chi connectivity index (χ3v) is 5.42. The highest BCUT2D eigenvalue weighted by Gasteiger charge is 2.44. The number of carbonyl (C=O) groups is 2. The number of imide groups is 1. The Labute approximate surface area is 184 Å². The second kappa shape index (κ2) is 8.24. The standard InChI is InChI=1S/C23H20N4O5/c1-14-12-25(13-15(2)32-14)21-20(17-5-9-19(10-6-17)27(30)31)22(28)26(23(21)29)18-7-3-16(11-24)4-8-18/h3-10,14-15H,12-13H2,1-2H3. The first kappa shape index (κ1) is 21.2. The third-order valence-electron chi connectivity index (χ3n) is 5.42. The zero-order valence-corrected chi connectivity index (χ0v) is 17.5. The molecule has 2 unspecified atom stereocenters. The predicted molar refractivity (Wildman–Crippen MR) is 115 cm³/mol. The Morgan fingerprint density at radius 3 is 2.12 bits per heavy atom. The van der Waals surface area contributed by atoms with Gasteiger partial charge in [-0.1, -0.05) is 0 Å². The van der Waals surface area contributed by atoms with Crippen LogP contribution in [0.1, 0.15) is 25.0 Å². The Kier molecular flexibility index (Phi) is 5.47. The Morgan fingerprint density at radius 1 is 1.00 bits per heavy atom. The van der Waals surface area contributed by atoms with Crippen molar-refractivity contribution in [3.8, 4) is 6.07 Å². The number of benzene rings is 2. The highest BCUT2D eigenvalue weighted by Crippen LogP contribution is 2.36. The number of anilines is 1. The molecule has 2 atom stereocenters. The molecule has 2 aromatic rings. The van der Waals surface area contributed by atoms with E-state index in [2.05, 4.69) is 0 Å². The van der Waals surface area contributed by atoms with Crippen molar-refractivity contribution in [2.24, 2.45) is 0 Å². The summed E-state index contributed by atoms with van der Waals surface area (Å²) in [6.45, 7) is 4.65. The summed E-state index contributed by atoms with van der Waals surface area (Å²) >= 11 is 0. The van der Waals surface area contributed by atoms with Gasteiger partial charge in [-0.25, -0.2) is 4.90 Å². The van der Waals surface area contributed by atoms with Gasteiger partial charge >= 0.3 is 0 Å². The van der Waals surface area contributed by atoms with Crippen LogP contribution in [0.2, 0.25) is 0 Å². The number of hydrogen-bond donors (Lipinski definition) is 0. The molecule has 0 aliphatic carbocycles. The molecule has 2 heterocycles. The predicted octanol–water partition coefficient (Wildman–Crippen LogP) is 2.86. The highest BCUT2D eigenvalue weighted by molar-refractivity contribution is 6.45. The molecule has 2 aromatic carbocycles. The first-order chi connectivity index (χ1) is 15.3. The molecule has 162 valence electrons. The Bertz CT molecular complexity index is 1150. The average Bonchev–Trinajstić information content (AvgIpc) is 3.03. The van der Waals surface area contributed by atoms with E-state index < -0.39 is 16.7 Å². The van der Waals surface area contributed by atoms with Crippen molar-refractivity contribution in [2.75, 3.05) is 18.0 Å². The van der Waals surface area contributed by atoms with Gasteiger partial charge in [0.25, 0.3) is 17.5 Å². The van der Waals surface area contributed by atoms with E-state index in [-0.39, 0.29) is 29.2 Å². The number of non-ortho nitro benzene ring substituents is 1. The summed E-state index contributed by atoms with van der Waals surface area (Å²) in [7, 11) is 0. The van der Waals surface area contributed by atoms with E-state index >= 15 is 0 Å². The molecule has 0 N–H and O–H groups in total. The van der Waals surface area contributed by atoms with Crippen LogP contribution in [0.4, 0.5) is 11.4 Å². The van der Waals surface area contributed by atoms with Crippen molar-refractivity contribution >= 4 is 28.8 Å². The summed E-state index contributed by atoms with van der Waals surface area (Å²) in [6.07, 6.45) is -0.285. The van der Waals surface area contributed by atoms with E-state index in [1.165, 1.54) is 36.4 Å². The topological polar surface area (TPSA) is 117 Å². The molecule has 9 heteroatoms. The van der Waals surface area contributed by atoms with Gasteiger partial charge in [0.05, 0.1) is 40.0 Å². The van der Waals surface area contributed by atoms with E-state index in [4.69, 9.17) is 10.00 Å². The first-order valence-corrected chi connectivity index (χ1v) is 10.1. The quantitative estimate of drug-likeness (QED) is 0.414. The molecule has 0 bridgehead atoms. The van der Waals surface area contributed by atoms with Crippen LogP contribution in [0, 0.1) is 21.4 Å². The lowest BCUT2D eigenvalue weighted by atomic mass is 10.0. The number of nitro groups is 1. The fourth-order valence-corrected chi connectivity index (χ4v) is 4.10. The Balaban J connectivity index is 1.81. The maximum absolute atomic E-state index is 13.5. The van der Waals surface area contributed by atoms with E-state index in [1.807, 2.05) is 24.8 Å². The lowest BCUT2D eigenvalue weighted by molar-refractivity contribution is -0.384. The van der Waals surface area contributed by atoms with Crippen molar-refractivity contribution in [1.29, 1.82) is 5.26 Å². The van der Waals surface area contributed by atoms with Crippen molar-refractivity contribution in [3.05, 3.63) is 75.5 Å². The molecule has 2 aliphatic rings. The molecule has 0 aromatic heterocycles. The van der Waals surface area contributed by atoms with Crippen LogP contribution in [0.3, 0.4) is 0 Å². The second-order valence-corrected chi connectivity index (χ2v) is 7.79. The molecule has 1 fully saturated rings. The SMILES string of the molecule is CC1CN(C2=C(c3ccc([N+](=O)[O-])cc3)C(=O)N(c3ccc(C#N)cc3)C2=O)CC(C)O1. The molecular weight excluding hydrogens is 412 g/mol. The molecule has 2 amide bonds.